The molecule has 0 radical (unpaired) electrons. The average Bonchev–Trinajstić information content (AvgIpc) is 3.20. The molecule has 0 aliphatic carbocycles. The summed E-state index contributed by atoms with van der Waals surface area (Å²) >= 11 is 0. The van der Waals surface area contributed by atoms with Crippen molar-refractivity contribution in [3.05, 3.63) is 35.5 Å². The Morgan fingerprint density at radius 1 is 1.26 bits per heavy atom. The molecule has 144 valence electrons. The van der Waals surface area contributed by atoms with E-state index in [9.17, 15) is 9.59 Å². The fourth-order valence-corrected chi connectivity index (χ4v) is 3.56. The highest BCUT2D eigenvalue weighted by atomic mass is 16.4. The summed E-state index contributed by atoms with van der Waals surface area (Å²) in [5, 5.41) is 14.6. The van der Waals surface area contributed by atoms with Gasteiger partial charge in [0.1, 0.15) is 0 Å². The summed E-state index contributed by atoms with van der Waals surface area (Å²) < 4.78 is 0. The van der Waals surface area contributed by atoms with Crippen molar-refractivity contribution in [3.63, 3.8) is 0 Å². The highest BCUT2D eigenvalue weighted by Gasteiger charge is 2.28. The number of benzene rings is 1. The van der Waals surface area contributed by atoms with Crippen LogP contribution >= 0.6 is 0 Å². The van der Waals surface area contributed by atoms with E-state index < -0.39 is 5.97 Å². The number of fused-ring (bicyclic) bond motifs is 1. The maximum atomic E-state index is 11.7. The Labute approximate surface area is 156 Å². The minimum Gasteiger partial charge on any atom is -0.481 e. The molecule has 0 saturated carbocycles. The molecule has 2 saturated heterocycles. The molecule has 0 atom stereocenters. The summed E-state index contributed by atoms with van der Waals surface area (Å²) in [7, 11) is 0. The van der Waals surface area contributed by atoms with E-state index >= 15 is 0 Å². The van der Waals surface area contributed by atoms with Crippen molar-refractivity contribution in [3.8, 4) is 0 Å². The van der Waals surface area contributed by atoms with Crippen LogP contribution in [-0.4, -0.2) is 52.5 Å². The van der Waals surface area contributed by atoms with Crippen LogP contribution in [0.5, 0.6) is 0 Å². The van der Waals surface area contributed by atoms with Crippen molar-refractivity contribution in [1.82, 2.24) is 20.5 Å². The van der Waals surface area contributed by atoms with Gasteiger partial charge in [-0.05, 0) is 55.1 Å². The Bertz CT molecular complexity index is 835. The van der Waals surface area contributed by atoms with Crippen LogP contribution in [0.25, 0.3) is 10.9 Å². The molecule has 8 heteroatoms. The van der Waals surface area contributed by atoms with Gasteiger partial charge in [0.15, 0.2) is 0 Å². The summed E-state index contributed by atoms with van der Waals surface area (Å²) in [6, 6.07) is 5.82. The molecule has 1 aromatic carbocycles. The zero-order valence-electron chi connectivity index (χ0n) is 15.2. The van der Waals surface area contributed by atoms with Gasteiger partial charge in [-0.3, -0.25) is 14.5 Å². The number of carbonyl (C=O) groups is 3. The number of hydrogen-bond acceptors (Lipinski definition) is 4. The third-order valence-corrected chi connectivity index (χ3v) is 4.83. The quantitative estimate of drug-likeness (QED) is 0.613. The second-order valence-electron chi connectivity index (χ2n) is 6.81. The molecular formula is C19H24N4O4. The van der Waals surface area contributed by atoms with Gasteiger partial charge >= 0.3 is 6.03 Å². The van der Waals surface area contributed by atoms with Crippen LogP contribution in [0.15, 0.2) is 24.4 Å². The second kappa shape index (κ2) is 8.22. The van der Waals surface area contributed by atoms with Crippen molar-refractivity contribution < 1.29 is 19.5 Å². The zero-order valence-corrected chi connectivity index (χ0v) is 15.2. The first kappa shape index (κ1) is 18.9. The predicted molar refractivity (Wildman–Crippen MR) is 100 cm³/mol. The molecule has 1 aromatic heterocycles. The van der Waals surface area contributed by atoms with E-state index in [4.69, 9.17) is 9.90 Å². The number of imide groups is 1. The van der Waals surface area contributed by atoms with Gasteiger partial charge in [-0.15, -0.1) is 0 Å². The summed E-state index contributed by atoms with van der Waals surface area (Å²) in [5.41, 5.74) is 3.44. The van der Waals surface area contributed by atoms with Crippen LogP contribution in [0.3, 0.4) is 0 Å². The van der Waals surface area contributed by atoms with Gasteiger partial charge in [0, 0.05) is 24.0 Å². The summed E-state index contributed by atoms with van der Waals surface area (Å²) in [6.45, 7) is 3.63. The number of rotatable bonds is 3. The second-order valence-corrected chi connectivity index (χ2v) is 6.81. The third-order valence-electron chi connectivity index (χ3n) is 4.83. The Balaban J connectivity index is 0.000000481. The molecule has 4 rings (SSSR count). The molecule has 8 nitrogen and oxygen atoms in total. The minimum absolute atomic E-state index is 0.103. The van der Waals surface area contributed by atoms with Crippen LogP contribution < -0.4 is 10.6 Å². The average molecular weight is 372 g/mol. The first-order valence-corrected chi connectivity index (χ1v) is 9.04. The molecule has 27 heavy (non-hydrogen) atoms. The molecule has 0 bridgehead atoms. The van der Waals surface area contributed by atoms with Gasteiger partial charge < -0.3 is 20.7 Å². The SMILES string of the molecule is CC(=O)O.O=C1CNC(=O)N1Cc1ccc2[nH]cc(C3CCNCC3)c2c1. The molecule has 2 aliphatic heterocycles. The van der Waals surface area contributed by atoms with E-state index in [1.54, 1.807) is 0 Å². The number of aliphatic carboxylic acids is 1. The normalized spacial score (nSPS) is 17.6. The molecule has 4 N–H and O–H groups in total. The number of hydrogen-bond donors (Lipinski definition) is 4. The molecular weight excluding hydrogens is 348 g/mol. The van der Waals surface area contributed by atoms with E-state index in [2.05, 4.69) is 27.9 Å². The molecule has 2 aromatic rings. The Morgan fingerprint density at radius 3 is 2.59 bits per heavy atom. The minimum atomic E-state index is -0.833. The van der Waals surface area contributed by atoms with Gasteiger partial charge in [-0.1, -0.05) is 6.07 Å². The van der Waals surface area contributed by atoms with Crippen LogP contribution in [0.1, 0.15) is 36.8 Å². The van der Waals surface area contributed by atoms with Crippen molar-refractivity contribution in [2.45, 2.75) is 32.2 Å². The molecule has 0 unspecified atom stereocenters. The Kier molecular flexibility index (Phi) is 5.75. The Hall–Kier alpha value is -2.87. The lowest BCUT2D eigenvalue weighted by atomic mass is 9.89. The number of amides is 3. The van der Waals surface area contributed by atoms with Crippen molar-refractivity contribution >= 4 is 28.8 Å². The fraction of sp³-hybridized carbons (Fsp3) is 0.421. The lowest BCUT2D eigenvalue weighted by Gasteiger charge is -2.22. The van der Waals surface area contributed by atoms with Gasteiger partial charge in [0.2, 0.25) is 5.91 Å². The van der Waals surface area contributed by atoms with Crippen molar-refractivity contribution in [2.75, 3.05) is 19.6 Å². The van der Waals surface area contributed by atoms with Crippen molar-refractivity contribution in [1.29, 1.82) is 0 Å². The number of carbonyl (C=O) groups excluding carboxylic acids is 2. The monoisotopic (exact) mass is 372 g/mol. The standard InChI is InChI=1S/C17H20N4O2.C2H4O2/c22-16-9-20-17(23)21(16)10-11-1-2-15-13(7-11)14(8-19-15)12-3-5-18-6-4-12;1-2(3)4/h1-2,7-8,12,18-19H,3-6,9-10H2,(H,20,23);1H3,(H,3,4). The number of aromatic amines is 1. The van der Waals surface area contributed by atoms with E-state index in [1.165, 1.54) is 15.8 Å². The van der Waals surface area contributed by atoms with Gasteiger partial charge in [0.25, 0.3) is 5.97 Å². The zero-order chi connectivity index (χ0) is 19.4. The summed E-state index contributed by atoms with van der Waals surface area (Å²) in [5.74, 6) is -0.431. The number of piperidine rings is 1. The number of carboxylic acids is 1. The first-order chi connectivity index (χ1) is 13.0. The summed E-state index contributed by atoms with van der Waals surface area (Å²) in [4.78, 5) is 37.1. The lowest BCUT2D eigenvalue weighted by Crippen LogP contribution is -2.30. The topological polar surface area (TPSA) is 115 Å². The highest BCUT2D eigenvalue weighted by molar-refractivity contribution is 6.01. The van der Waals surface area contributed by atoms with E-state index in [0.29, 0.717) is 12.5 Å². The number of aromatic nitrogens is 1. The van der Waals surface area contributed by atoms with Crippen LogP contribution in [0, 0.1) is 0 Å². The van der Waals surface area contributed by atoms with Gasteiger partial charge in [-0.25, -0.2) is 4.79 Å². The lowest BCUT2D eigenvalue weighted by molar-refractivity contribution is -0.134. The number of nitrogens with one attached hydrogen (secondary N) is 3. The maximum absolute atomic E-state index is 11.7. The smallest absolute Gasteiger partial charge is 0.324 e. The third kappa shape index (κ3) is 4.46. The van der Waals surface area contributed by atoms with Crippen LogP contribution in [0.4, 0.5) is 4.79 Å². The highest BCUT2D eigenvalue weighted by Crippen LogP contribution is 2.32. The van der Waals surface area contributed by atoms with Crippen molar-refractivity contribution in [2.24, 2.45) is 0 Å². The van der Waals surface area contributed by atoms with E-state index in [0.717, 1.165) is 43.9 Å². The molecule has 2 aliphatic rings. The molecule has 3 amide bonds. The number of urea groups is 1. The Morgan fingerprint density at radius 2 is 1.96 bits per heavy atom. The van der Waals surface area contributed by atoms with Gasteiger partial charge in [-0.2, -0.15) is 0 Å². The van der Waals surface area contributed by atoms with E-state index in [1.807, 2.05) is 12.1 Å². The van der Waals surface area contributed by atoms with Crippen LogP contribution in [-0.2, 0) is 16.1 Å². The molecule has 3 heterocycles. The maximum Gasteiger partial charge on any atom is 0.324 e. The number of H-pyrrole nitrogens is 1. The fourth-order valence-electron chi connectivity index (χ4n) is 3.56. The number of carboxylic acid groups (broad SMARTS) is 1. The molecule has 0 spiro atoms. The largest absolute Gasteiger partial charge is 0.481 e. The summed E-state index contributed by atoms with van der Waals surface area (Å²) in [6.07, 6.45) is 4.40. The number of nitrogens with zero attached hydrogens (tertiary/aromatic N) is 1. The van der Waals surface area contributed by atoms with Crippen LogP contribution in [0.2, 0.25) is 0 Å². The molecule has 2 fully saturated rings. The predicted octanol–water partition coefficient (Wildman–Crippen LogP) is 1.78. The van der Waals surface area contributed by atoms with Gasteiger partial charge in [0.05, 0.1) is 13.1 Å². The first-order valence-electron chi connectivity index (χ1n) is 9.04. The van der Waals surface area contributed by atoms with E-state index in [-0.39, 0.29) is 18.5 Å².